The van der Waals surface area contributed by atoms with Crippen LogP contribution in [0.1, 0.15) is 29.5 Å². The third-order valence-corrected chi connectivity index (χ3v) is 5.86. The van der Waals surface area contributed by atoms with Crippen molar-refractivity contribution < 1.29 is 28.8 Å². The summed E-state index contributed by atoms with van der Waals surface area (Å²) in [6.45, 7) is 3.32. The van der Waals surface area contributed by atoms with Crippen LogP contribution >= 0.6 is 0 Å². The van der Waals surface area contributed by atoms with Crippen LogP contribution in [0.5, 0.6) is 23.0 Å². The zero-order valence-corrected chi connectivity index (χ0v) is 20.4. The molecule has 0 saturated heterocycles. The number of amides is 1. The van der Waals surface area contributed by atoms with Crippen LogP contribution < -0.4 is 24.7 Å². The number of nitrogens with zero attached hydrogens (tertiary/aromatic N) is 1. The topological polar surface area (TPSA) is 103 Å². The van der Waals surface area contributed by atoms with Crippen LogP contribution in [0.4, 0.5) is 0 Å². The highest BCUT2D eigenvalue weighted by Gasteiger charge is 2.36. The third-order valence-electron chi connectivity index (χ3n) is 5.86. The molecule has 0 aliphatic rings. The second-order valence-corrected chi connectivity index (χ2v) is 8.10. The fourth-order valence-electron chi connectivity index (χ4n) is 3.88. The highest BCUT2D eigenvalue weighted by atomic mass is 16.5. The van der Waals surface area contributed by atoms with Gasteiger partial charge in [-0.1, -0.05) is 6.07 Å². The number of rotatable bonds is 13. The predicted molar refractivity (Wildman–Crippen MR) is 127 cm³/mol. The van der Waals surface area contributed by atoms with E-state index in [0.29, 0.717) is 41.5 Å². The maximum absolute atomic E-state index is 12.3. The molecule has 0 bridgehead atoms. The highest BCUT2D eigenvalue weighted by Crippen LogP contribution is 2.37. The Hall–Kier alpha value is -2.97. The van der Waals surface area contributed by atoms with Crippen molar-refractivity contribution in [1.82, 2.24) is 4.90 Å². The number of aryl methyl sites for hydroxylation is 1. The van der Waals surface area contributed by atoms with Crippen LogP contribution in [0.3, 0.4) is 0 Å². The molecule has 0 aromatic heterocycles. The number of benzene rings is 2. The summed E-state index contributed by atoms with van der Waals surface area (Å²) in [7, 11) is 8.29. The molecule has 0 spiro atoms. The van der Waals surface area contributed by atoms with E-state index in [2.05, 4.69) is 4.90 Å². The van der Waals surface area contributed by atoms with Crippen molar-refractivity contribution in [2.45, 2.75) is 31.8 Å². The van der Waals surface area contributed by atoms with Crippen molar-refractivity contribution >= 4 is 5.91 Å². The first-order valence-electron chi connectivity index (χ1n) is 10.8. The Balaban J connectivity index is 2.01. The number of aliphatic hydroxyl groups is 1. The second-order valence-electron chi connectivity index (χ2n) is 8.10. The van der Waals surface area contributed by atoms with E-state index in [1.807, 2.05) is 32.2 Å². The van der Waals surface area contributed by atoms with E-state index in [9.17, 15) is 9.90 Å². The Morgan fingerprint density at radius 2 is 1.64 bits per heavy atom. The number of ether oxygens (including phenoxy) is 4. The largest absolute Gasteiger partial charge is 0.493 e. The molecule has 0 fully saturated rings. The molecular formula is C25H36N2O6. The summed E-state index contributed by atoms with van der Waals surface area (Å²) in [6.07, 6.45) is 1.60. The van der Waals surface area contributed by atoms with Gasteiger partial charge in [-0.3, -0.25) is 4.79 Å². The van der Waals surface area contributed by atoms with E-state index in [4.69, 9.17) is 24.7 Å². The number of carbonyl (C=O) groups is 1. The molecule has 2 aromatic rings. The van der Waals surface area contributed by atoms with Crippen molar-refractivity contribution in [3.05, 3.63) is 47.0 Å². The fraction of sp³-hybridized carbons (Fsp3) is 0.480. The van der Waals surface area contributed by atoms with Gasteiger partial charge in [-0.2, -0.15) is 0 Å². The van der Waals surface area contributed by atoms with Gasteiger partial charge in [-0.05, 0) is 80.7 Å². The Labute approximate surface area is 196 Å². The summed E-state index contributed by atoms with van der Waals surface area (Å²) < 4.78 is 21.4. The van der Waals surface area contributed by atoms with E-state index >= 15 is 0 Å². The van der Waals surface area contributed by atoms with Gasteiger partial charge in [0.15, 0.2) is 28.6 Å². The lowest BCUT2D eigenvalue weighted by Crippen LogP contribution is -2.42. The summed E-state index contributed by atoms with van der Waals surface area (Å²) in [5.74, 6) is 1.62. The zero-order valence-electron chi connectivity index (χ0n) is 20.4. The average Bonchev–Trinajstić information content (AvgIpc) is 2.81. The Bertz CT molecular complexity index is 949. The number of likely N-dealkylation sites (N-methyl/N-ethyl adjacent to an activating group) is 1. The SMILES string of the molecule is COc1ccc(CCN(C)CCCC(O)(C(N)=O)c2cc(C)c(OC)c(OC)c2)cc1OC. The lowest BCUT2D eigenvalue weighted by atomic mass is 9.87. The minimum absolute atomic E-state index is 0.192. The molecule has 0 saturated carbocycles. The van der Waals surface area contributed by atoms with Gasteiger partial charge >= 0.3 is 0 Å². The normalized spacial score (nSPS) is 12.8. The molecule has 1 unspecified atom stereocenters. The average molecular weight is 461 g/mol. The Morgan fingerprint density at radius 1 is 0.970 bits per heavy atom. The molecule has 2 aromatic carbocycles. The van der Waals surface area contributed by atoms with E-state index in [1.165, 1.54) is 7.11 Å². The smallest absolute Gasteiger partial charge is 0.254 e. The van der Waals surface area contributed by atoms with E-state index in [-0.39, 0.29) is 6.42 Å². The molecule has 1 amide bonds. The number of hydrogen-bond acceptors (Lipinski definition) is 7. The van der Waals surface area contributed by atoms with E-state index in [0.717, 1.165) is 24.1 Å². The quantitative estimate of drug-likeness (QED) is 0.474. The molecule has 0 aliphatic carbocycles. The minimum atomic E-state index is -1.80. The molecule has 0 aliphatic heterocycles. The summed E-state index contributed by atoms with van der Waals surface area (Å²) >= 11 is 0. The molecule has 8 heteroatoms. The molecule has 3 N–H and O–H groups in total. The summed E-state index contributed by atoms with van der Waals surface area (Å²) in [4.78, 5) is 14.4. The maximum atomic E-state index is 12.3. The predicted octanol–water partition coefficient (Wildman–Crippen LogP) is 2.66. The van der Waals surface area contributed by atoms with Crippen LogP contribution in [-0.2, 0) is 16.8 Å². The Morgan fingerprint density at radius 3 is 2.21 bits per heavy atom. The first kappa shape index (κ1) is 26.3. The van der Waals surface area contributed by atoms with Crippen LogP contribution in [0.25, 0.3) is 0 Å². The fourth-order valence-corrected chi connectivity index (χ4v) is 3.88. The third kappa shape index (κ3) is 6.30. The summed E-state index contributed by atoms with van der Waals surface area (Å²) in [6, 6.07) is 9.20. The zero-order chi connectivity index (χ0) is 24.6. The number of methoxy groups -OCH3 is 4. The van der Waals surface area contributed by atoms with Crippen LogP contribution in [0.15, 0.2) is 30.3 Å². The second kappa shape index (κ2) is 11.8. The number of hydrogen-bond donors (Lipinski definition) is 2. The van der Waals surface area contributed by atoms with Crippen molar-refractivity contribution in [2.24, 2.45) is 5.73 Å². The van der Waals surface area contributed by atoms with Crippen LogP contribution in [0.2, 0.25) is 0 Å². The monoisotopic (exact) mass is 460 g/mol. The van der Waals surface area contributed by atoms with Gasteiger partial charge in [0.2, 0.25) is 0 Å². The lowest BCUT2D eigenvalue weighted by molar-refractivity contribution is -0.138. The van der Waals surface area contributed by atoms with Gasteiger partial charge in [0.1, 0.15) is 0 Å². The van der Waals surface area contributed by atoms with Crippen molar-refractivity contribution in [3.63, 3.8) is 0 Å². The van der Waals surface area contributed by atoms with Gasteiger partial charge in [0.05, 0.1) is 28.4 Å². The van der Waals surface area contributed by atoms with Crippen LogP contribution in [-0.4, -0.2) is 64.5 Å². The summed E-state index contributed by atoms with van der Waals surface area (Å²) in [5.41, 5.74) is 6.11. The molecule has 0 radical (unpaired) electrons. The lowest BCUT2D eigenvalue weighted by Gasteiger charge is -2.27. The van der Waals surface area contributed by atoms with Gasteiger partial charge < -0.3 is 34.7 Å². The van der Waals surface area contributed by atoms with E-state index < -0.39 is 11.5 Å². The number of primary amides is 1. The van der Waals surface area contributed by atoms with Gasteiger partial charge in [-0.15, -0.1) is 0 Å². The highest BCUT2D eigenvalue weighted by molar-refractivity contribution is 5.85. The molecular weight excluding hydrogens is 424 g/mol. The number of carbonyl (C=O) groups excluding carboxylic acids is 1. The van der Waals surface area contributed by atoms with Gasteiger partial charge in [-0.25, -0.2) is 0 Å². The number of nitrogens with two attached hydrogens (primary N) is 1. The molecule has 0 heterocycles. The van der Waals surface area contributed by atoms with E-state index in [1.54, 1.807) is 33.5 Å². The molecule has 8 nitrogen and oxygen atoms in total. The van der Waals surface area contributed by atoms with Gasteiger partial charge in [0, 0.05) is 6.54 Å². The summed E-state index contributed by atoms with van der Waals surface area (Å²) in [5, 5.41) is 11.2. The molecule has 182 valence electrons. The standard InChI is InChI=1S/C25H36N2O6/c1-17-14-19(16-22(32-5)23(17)33-6)25(29,24(26)28)11-7-12-27(2)13-10-18-8-9-20(30-3)21(15-18)31-4/h8-9,14-16,29H,7,10-13H2,1-6H3,(H2,26,28). The maximum Gasteiger partial charge on any atom is 0.254 e. The molecule has 1 atom stereocenters. The van der Waals surface area contributed by atoms with Crippen molar-refractivity contribution in [3.8, 4) is 23.0 Å². The van der Waals surface area contributed by atoms with Crippen molar-refractivity contribution in [2.75, 3.05) is 48.6 Å². The molecule has 2 rings (SSSR count). The minimum Gasteiger partial charge on any atom is -0.493 e. The first-order chi connectivity index (χ1) is 15.7. The molecule has 33 heavy (non-hydrogen) atoms. The van der Waals surface area contributed by atoms with Crippen LogP contribution in [0, 0.1) is 6.92 Å². The Kier molecular flexibility index (Phi) is 9.37. The van der Waals surface area contributed by atoms with Crippen molar-refractivity contribution in [1.29, 1.82) is 0 Å². The van der Waals surface area contributed by atoms with Gasteiger partial charge in [0.25, 0.3) is 5.91 Å². The first-order valence-corrected chi connectivity index (χ1v) is 10.8.